The van der Waals surface area contributed by atoms with Crippen molar-refractivity contribution in [1.82, 2.24) is 0 Å². The van der Waals surface area contributed by atoms with Crippen LogP contribution in [0.5, 0.6) is 0 Å². The average Bonchev–Trinajstić information content (AvgIpc) is 2.09. The zero-order chi connectivity index (χ0) is 7.72. The first-order valence-electron chi connectivity index (χ1n) is 3.80. The van der Waals surface area contributed by atoms with Crippen LogP contribution in [0.1, 0.15) is 20.3 Å². The van der Waals surface area contributed by atoms with Crippen molar-refractivity contribution in [3.8, 4) is 0 Å². The summed E-state index contributed by atoms with van der Waals surface area (Å²) in [6.45, 7) is 3.96. The Morgan fingerprint density at radius 2 is 2.10 bits per heavy atom. The quantitative estimate of drug-likeness (QED) is 0.551. The number of aliphatic hydroxyl groups is 1. The normalized spacial score (nSPS) is 47.5. The molecule has 0 radical (unpaired) electrons. The summed E-state index contributed by atoms with van der Waals surface area (Å²) in [5.41, 5.74) is 0. The van der Waals surface area contributed by atoms with Gasteiger partial charge in [0, 0.05) is 5.92 Å². The number of aldehydes is 1. The second-order valence-corrected chi connectivity index (χ2v) is 3.35. The maximum Gasteiger partial charge on any atom is 0.123 e. The molecule has 0 spiro atoms. The third kappa shape index (κ3) is 1.08. The minimum atomic E-state index is -0.259. The molecule has 10 heavy (non-hydrogen) atoms. The summed E-state index contributed by atoms with van der Waals surface area (Å²) in [6.07, 6.45) is 1.50. The first kappa shape index (κ1) is 7.73. The van der Waals surface area contributed by atoms with E-state index in [1.54, 1.807) is 0 Å². The van der Waals surface area contributed by atoms with Gasteiger partial charge < -0.3 is 9.90 Å². The third-order valence-corrected chi connectivity index (χ3v) is 2.64. The van der Waals surface area contributed by atoms with Gasteiger partial charge in [-0.05, 0) is 18.3 Å². The molecule has 1 N–H and O–H groups in total. The molecule has 0 saturated heterocycles. The van der Waals surface area contributed by atoms with Crippen molar-refractivity contribution in [2.24, 2.45) is 17.8 Å². The molecule has 0 aliphatic heterocycles. The van der Waals surface area contributed by atoms with Gasteiger partial charge in [0.1, 0.15) is 6.29 Å². The number of hydrogen-bond donors (Lipinski definition) is 1. The van der Waals surface area contributed by atoms with Crippen molar-refractivity contribution >= 4 is 6.29 Å². The Labute approximate surface area is 61.2 Å². The largest absolute Gasteiger partial charge is 0.393 e. The predicted molar refractivity (Wildman–Crippen MR) is 38.5 cm³/mol. The topological polar surface area (TPSA) is 37.3 Å². The van der Waals surface area contributed by atoms with E-state index in [9.17, 15) is 9.90 Å². The molecule has 0 amide bonds. The maximum absolute atomic E-state index is 10.5. The summed E-state index contributed by atoms with van der Waals surface area (Å²) in [7, 11) is 0. The molecule has 0 heterocycles. The zero-order valence-corrected chi connectivity index (χ0v) is 6.45. The number of carbonyl (C=O) groups excluding carboxylic acids is 1. The van der Waals surface area contributed by atoms with E-state index in [1.807, 2.05) is 13.8 Å². The first-order chi connectivity index (χ1) is 4.66. The Balaban J connectivity index is 2.63. The molecule has 1 rings (SSSR count). The molecule has 0 aromatic heterocycles. The summed E-state index contributed by atoms with van der Waals surface area (Å²) >= 11 is 0. The predicted octanol–water partition coefficient (Wildman–Crippen LogP) is 0.838. The van der Waals surface area contributed by atoms with Crippen molar-refractivity contribution in [2.75, 3.05) is 0 Å². The first-order valence-corrected chi connectivity index (χ1v) is 3.80. The molecule has 2 nitrogen and oxygen atoms in total. The Kier molecular flexibility index (Phi) is 2.09. The summed E-state index contributed by atoms with van der Waals surface area (Å²) < 4.78 is 0. The van der Waals surface area contributed by atoms with Crippen LogP contribution in [0.25, 0.3) is 0 Å². The van der Waals surface area contributed by atoms with Crippen molar-refractivity contribution in [2.45, 2.75) is 26.4 Å². The summed E-state index contributed by atoms with van der Waals surface area (Å²) in [6, 6.07) is 0. The van der Waals surface area contributed by atoms with Gasteiger partial charge in [-0.15, -0.1) is 0 Å². The minimum absolute atomic E-state index is 0.0787. The van der Waals surface area contributed by atoms with Crippen LogP contribution in [0, 0.1) is 17.8 Å². The molecule has 4 atom stereocenters. The number of aliphatic hydroxyl groups excluding tert-OH is 1. The van der Waals surface area contributed by atoms with E-state index in [2.05, 4.69) is 0 Å². The fourth-order valence-corrected chi connectivity index (χ4v) is 1.79. The smallest absolute Gasteiger partial charge is 0.123 e. The van der Waals surface area contributed by atoms with Gasteiger partial charge in [0.05, 0.1) is 6.10 Å². The zero-order valence-electron chi connectivity index (χ0n) is 6.45. The molecule has 1 aliphatic carbocycles. The van der Waals surface area contributed by atoms with Crippen LogP contribution < -0.4 is 0 Å². The second-order valence-electron chi connectivity index (χ2n) is 3.35. The lowest BCUT2D eigenvalue weighted by Gasteiger charge is -2.12. The monoisotopic (exact) mass is 142 g/mol. The lowest BCUT2D eigenvalue weighted by atomic mass is 9.93. The van der Waals surface area contributed by atoms with Crippen LogP contribution in [-0.2, 0) is 4.79 Å². The van der Waals surface area contributed by atoms with E-state index >= 15 is 0 Å². The van der Waals surface area contributed by atoms with Crippen molar-refractivity contribution in [3.05, 3.63) is 0 Å². The van der Waals surface area contributed by atoms with Gasteiger partial charge in [0.2, 0.25) is 0 Å². The van der Waals surface area contributed by atoms with Gasteiger partial charge in [-0.25, -0.2) is 0 Å². The van der Waals surface area contributed by atoms with Crippen LogP contribution in [0.3, 0.4) is 0 Å². The Bertz CT molecular complexity index is 133. The van der Waals surface area contributed by atoms with Gasteiger partial charge >= 0.3 is 0 Å². The van der Waals surface area contributed by atoms with E-state index in [-0.39, 0.29) is 17.9 Å². The van der Waals surface area contributed by atoms with Gasteiger partial charge in [0.15, 0.2) is 0 Å². The van der Waals surface area contributed by atoms with Crippen molar-refractivity contribution in [1.29, 1.82) is 0 Å². The second kappa shape index (κ2) is 2.70. The van der Waals surface area contributed by atoms with Crippen molar-refractivity contribution in [3.63, 3.8) is 0 Å². The number of hydrogen-bond acceptors (Lipinski definition) is 2. The molecule has 0 bridgehead atoms. The summed E-state index contributed by atoms with van der Waals surface area (Å²) in [4.78, 5) is 10.5. The van der Waals surface area contributed by atoms with Crippen LogP contribution in [0.4, 0.5) is 0 Å². The molecule has 58 valence electrons. The Morgan fingerprint density at radius 3 is 2.30 bits per heavy atom. The average molecular weight is 142 g/mol. The molecule has 0 aromatic carbocycles. The lowest BCUT2D eigenvalue weighted by molar-refractivity contribution is -0.113. The van der Waals surface area contributed by atoms with E-state index in [0.29, 0.717) is 5.92 Å². The van der Waals surface area contributed by atoms with Crippen LogP contribution in [0.2, 0.25) is 0 Å². The Morgan fingerprint density at radius 1 is 1.50 bits per heavy atom. The Hall–Kier alpha value is -0.370. The highest BCUT2D eigenvalue weighted by molar-refractivity contribution is 5.55. The van der Waals surface area contributed by atoms with Gasteiger partial charge in [-0.2, -0.15) is 0 Å². The molecule has 1 fully saturated rings. The molecule has 1 saturated carbocycles. The molecule has 2 heteroatoms. The highest BCUT2D eigenvalue weighted by Gasteiger charge is 2.36. The van der Waals surface area contributed by atoms with Crippen LogP contribution >= 0.6 is 0 Å². The van der Waals surface area contributed by atoms with Crippen LogP contribution in [-0.4, -0.2) is 17.5 Å². The summed E-state index contributed by atoms with van der Waals surface area (Å²) in [5.74, 6) is 0.602. The van der Waals surface area contributed by atoms with E-state index in [4.69, 9.17) is 0 Å². The molecule has 4 unspecified atom stereocenters. The van der Waals surface area contributed by atoms with E-state index in [0.717, 1.165) is 12.7 Å². The fourth-order valence-electron chi connectivity index (χ4n) is 1.79. The summed E-state index contributed by atoms with van der Waals surface area (Å²) in [5, 5.41) is 9.31. The van der Waals surface area contributed by atoms with Gasteiger partial charge in [-0.1, -0.05) is 13.8 Å². The van der Waals surface area contributed by atoms with E-state index < -0.39 is 0 Å². The minimum Gasteiger partial charge on any atom is -0.393 e. The van der Waals surface area contributed by atoms with Gasteiger partial charge in [-0.3, -0.25) is 0 Å². The highest BCUT2D eigenvalue weighted by atomic mass is 16.3. The van der Waals surface area contributed by atoms with Gasteiger partial charge in [0.25, 0.3) is 0 Å². The van der Waals surface area contributed by atoms with Crippen LogP contribution in [0.15, 0.2) is 0 Å². The standard InChI is InChI=1S/C8H14O2/c1-5-3-8(10)6(2)7(5)4-9/h4-8,10H,3H2,1-2H3. The molecule has 0 aromatic rings. The maximum atomic E-state index is 10.5. The lowest BCUT2D eigenvalue weighted by Crippen LogP contribution is -2.17. The van der Waals surface area contributed by atoms with Crippen molar-refractivity contribution < 1.29 is 9.90 Å². The molecule has 1 aliphatic rings. The third-order valence-electron chi connectivity index (χ3n) is 2.64. The fraction of sp³-hybridized carbons (Fsp3) is 0.875. The van der Waals surface area contributed by atoms with E-state index in [1.165, 1.54) is 0 Å². The number of carbonyl (C=O) groups is 1. The number of rotatable bonds is 1. The molecular formula is C8H14O2. The molecular weight excluding hydrogens is 128 g/mol. The highest BCUT2D eigenvalue weighted by Crippen LogP contribution is 2.35. The SMILES string of the molecule is CC1CC(O)C(C)C1C=O.